The molecular formula is C18H13FN2O3S. The molecule has 0 radical (unpaired) electrons. The van der Waals surface area contributed by atoms with Gasteiger partial charge in [0.2, 0.25) is 5.82 Å². The summed E-state index contributed by atoms with van der Waals surface area (Å²) in [6.45, 7) is -0.0829. The summed E-state index contributed by atoms with van der Waals surface area (Å²) in [6.07, 6.45) is 0.657. The highest BCUT2D eigenvalue weighted by Crippen LogP contribution is 2.37. The number of nitrogens with zero attached hydrogens (tertiary/aromatic N) is 2. The molecule has 1 aliphatic heterocycles. The molecule has 7 heteroatoms. The predicted octanol–water partition coefficient (Wildman–Crippen LogP) is 3.64. The lowest BCUT2D eigenvalue weighted by Crippen LogP contribution is -2.19. The molecule has 0 spiro atoms. The number of ether oxygens (including phenoxy) is 1. The van der Waals surface area contributed by atoms with Gasteiger partial charge >= 0.3 is 5.97 Å². The van der Waals surface area contributed by atoms with E-state index in [0.29, 0.717) is 17.8 Å². The van der Waals surface area contributed by atoms with E-state index >= 15 is 0 Å². The highest BCUT2D eigenvalue weighted by molar-refractivity contribution is 8.01. The number of halogens is 1. The van der Waals surface area contributed by atoms with E-state index in [1.54, 1.807) is 12.1 Å². The van der Waals surface area contributed by atoms with Crippen molar-refractivity contribution >= 4 is 17.7 Å². The minimum atomic E-state index is -0.337. The fourth-order valence-corrected chi connectivity index (χ4v) is 3.76. The second-order valence-corrected chi connectivity index (χ2v) is 6.79. The van der Waals surface area contributed by atoms with Crippen molar-refractivity contribution in [3.63, 3.8) is 0 Å². The maximum absolute atomic E-state index is 12.9. The van der Waals surface area contributed by atoms with E-state index < -0.39 is 0 Å². The Labute approximate surface area is 147 Å². The van der Waals surface area contributed by atoms with Gasteiger partial charge < -0.3 is 9.26 Å². The van der Waals surface area contributed by atoms with Gasteiger partial charge in [0.05, 0.1) is 0 Å². The predicted molar refractivity (Wildman–Crippen MR) is 89.3 cm³/mol. The SMILES string of the molecule is O=C(OCc1nc(-c2ccc(F)cc2)no1)[C@H]1Cc2ccccc2S1. The Hall–Kier alpha value is -2.67. The number of hydrogen-bond acceptors (Lipinski definition) is 6. The van der Waals surface area contributed by atoms with E-state index in [0.717, 1.165) is 10.5 Å². The maximum atomic E-state index is 12.9. The first-order chi connectivity index (χ1) is 12.2. The van der Waals surface area contributed by atoms with Crippen molar-refractivity contribution < 1.29 is 18.4 Å². The van der Waals surface area contributed by atoms with Crippen LogP contribution in [0.2, 0.25) is 0 Å². The Balaban J connectivity index is 1.36. The molecule has 2 heterocycles. The van der Waals surface area contributed by atoms with Crippen LogP contribution in [-0.4, -0.2) is 21.4 Å². The van der Waals surface area contributed by atoms with Gasteiger partial charge in [-0.15, -0.1) is 11.8 Å². The van der Waals surface area contributed by atoms with Crippen LogP contribution in [0.25, 0.3) is 11.4 Å². The third-order valence-corrected chi connectivity index (χ3v) is 5.11. The van der Waals surface area contributed by atoms with Crippen LogP contribution in [0.5, 0.6) is 0 Å². The molecule has 0 fully saturated rings. The maximum Gasteiger partial charge on any atom is 0.320 e. The Morgan fingerprint density at radius 1 is 1.24 bits per heavy atom. The average molecular weight is 356 g/mol. The van der Waals surface area contributed by atoms with Crippen LogP contribution in [0.4, 0.5) is 4.39 Å². The Bertz CT molecular complexity index is 886. The van der Waals surface area contributed by atoms with E-state index in [9.17, 15) is 9.18 Å². The smallest absolute Gasteiger partial charge is 0.320 e. The molecule has 0 amide bonds. The minimum absolute atomic E-state index is 0.0829. The summed E-state index contributed by atoms with van der Waals surface area (Å²) < 4.78 is 23.3. The second kappa shape index (κ2) is 6.68. The highest BCUT2D eigenvalue weighted by atomic mass is 32.2. The largest absolute Gasteiger partial charge is 0.455 e. The van der Waals surface area contributed by atoms with Crippen molar-refractivity contribution in [2.45, 2.75) is 23.2 Å². The van der Waals surface area contributed by atoms with Crippen molar-refractivity contribution in [2.24, 2.45) is 0 Å². The summed E-state index contributed by atoms with van der Waals surface area (Å²) in [6, 6.07) is 13.7. The van der Waals surface area contributed by atoms with E-state index in [4.69, 9.17) is 9.26 Å². The number of hydrogen-bond donors (Lipinski definition) is 0. The molecule has 1 aromatic heterocycles. The number of benzene rings is 2. The van der Waals surface area contributed by atoms with Crippen LogP contribution in [0, 0.1) is 5.82 Å². The van der Waals surface area contributed by atoms with E-state index in [-0.39, 0.29) is 29.5 Å². The van der Waals surface area contributed by atoms with Gasteiger partial charge in [-0.05, 0) is 42.3 Å². The molecule has 0 unspecified atom stereocenters. The highest BCUT2D eigenvalue weighted by Gasteiger charge is 2.29. The molecule has 2 aromatic carbocycles. The first-order valence-electron chi connectivity index (χ1n) is 7.69. The van der Waals surface area contributed by atoms with Crippen LogP contribution < -0.4 is 0 Å². The number of carbonyl (C=O) groups excluding carboxylic acids is 1. The Morgan fingerprint density at radius 3 is 2.84 bits per heavy atom. The lowest BCUT2D eigenvalue weighted by Gasteiger charge is -2.06. The first kappa shape index (κ1) is 15.8. The minimum Gasteiger partial charge on any atom is -0.455 e. The van der Waals surface area contributed by atoms with Gasteiger partial charge in [0.1, 0.15) is 11.1 Å². The molecule has 0 N–H and O–H groups in total. The summed E-state index contributed by atoms with van der Waals surface area (Å²) >= 11 is 1.51. The van der Waals surface area contributed by atoms with Crippen LogP contribution in [0.15, 0.2) is 57.9 Å². The summed E-state index contributed by atoms with van der Waals surface area (Å²) in [4.78, 5) is 17.5. The van der Waals surface area contributed by atoms with Crippen LogP contribution in [0.1, 0.15) is 11.5 Å². The van der Waals surface area contributed by atoms with Crippen LogP contribution in [-0.2, 0) is 22.6 Å². The van der Waals surface area contributed by atoms with Gasteiger partial charge in [-0.3, -0.25) is 4.79 Å². The lowest BCUT2D eigenvalue weighted by molar-refractivity contribution is -0.145. The van der Waals surface area contributed by atoms with Crippen molar-refractivity contribution in [1.82, 2.24) is 10.1 Å². The van der Waals surface area contributed by atoms with Gasteiger partial charge in [0.25, 0.3) is 5.89 Å². The monoisotopic (exact) mass is 356 g/mol. The third-order valence-electron chi connectivity index (χ3n) is 3.82. The average Bonchev–Trinajstić information content (AvgIpc) is 3.27. The third kappa shape index (κ3) is 3.41. The Kier molecular flexibility index (Phi) is 4.23. The molecule has 0 aliphatic carbocycles. The molecule has 0 saturated carbocycles. The first-order valence-corrected chi connectivity index (χ1v) is 8.57. The molecule has 1 atom stereocenters. The van der Waals surface area contributed by atoms with E-state index in [2.05, 4.69) is 10.1 Å². The molecule has 3 aromatic rings. The van der Waals surface area contributed by atoms with Crippen LogP contribution >= 0.6 is 11.8 Å². The Morgan fingerprint density at radius 2 is 2.04 bits per heavy atom. The lowest BCUT2D eigenvalue weighted by atomic mass is 10.1. The number of rotatable bonds is 4. The standard InChI is InChI=1S/C18H13FN2O3S/c19-13-7-5-11(6-8-13)17-20-16(24-21-17)10-23-18(22)15-9-12-3-1-2-4-14(12)25-15/h1-8,15H,9-10H2/t15-/m1/s1. The fraction of sp³-hybridized carbons (Fsp3) is 0.167. The fourth-order valence-electron chi connectivity index (χ4n) is 2.57. The molecular weight excluding hydrogens is 343 g/mol. The topological polar surface area (TPSA) is 65.2 Å². The summed E-state index contributed by atoms with van der Waals surface area (Å²) in [5, 5.41) is 3.57. The molecule has 4 rings (SSSR count). The molecule has 126 valence electrons. The molecule has 25 heavy (non-hydrogen) atoms. The summed E-state index contributed by atoms with van der Waals surface area (Å²) in [5.41, 5.74) is 1.79. The normalized spacial score (nSPS) is 15.8. The van der Waals surface area contributed by atoms with E-state index in [1.807, 2.05) is 24.3 Å². The van der Waals surface area contributed by atoms with Crippen molar-refractivity contribution in [3.05, 3.63) is 65.8 Å². The molecule has 5 nitrogen and oxygen atoms in total. The molecule has 1 aliphatic rings. The summed E-state index contributed by atoms with van der Waals surface area (Å²) in [7, 11) is 0. The molecule has 0 bridgehead atoms. The number of fused-ring (bicyclic) bond motifs is 1. The van der Waals surface area contributed by atoms with Gasteiger partial charge in [-0.2, -0.15) is 4.98 Å². The van der Waals surface area contributed by atoms with Gasteiger partial charge in [-0.25, -0.2) is 4.39 Å². The van der Waals surface area contributed by atoms with Crippen molar-refractivity contribution in [3.8, 4) is 11.4 Å². The second-order valence-electron chi connectivity index (χ2n) is 5.54. The molecule has 0 saturated heterocycles. The quantitative estimate of drug-likeness (QED) is 0.665. The number of thioether (sulfide) groups is 1. The zero-order valence-corrected chi connectivity index (χ0v) is 13.8. The summed E-state index contributed by atoms with van der Waals surface area (Å²) in [5.74, 6) is -0.110. The van der Waals surface area contributed by atoms with Crippen LogP contribution in [0.3, 0.4) is 0 Å². The van der Waals surface area contributed by atoms with Gasteiger partial charge in [0.15, 0.2) is 6.61 Å². The van der Waals surface area contributed by atoms with Crippen molar-refractivity contribution in [2.75, 3.05) is 0 Å². The van der Waals surface area contributed by atoms with Crippen molar-refractivity contribution in [1.29, 1.82) is 0 Å². The number of esters is 1. The van der Waals surface area contributed by atoms with E-state index in [1.165, 1.54) is 23.9 Å². The number of aromatic nitrogens is 2. The van der Waals surface area contributed by atoms with Gasteiger partial charge in [0, 0.05) is 10.5 Å². The van der Waals surface area contributed by atoms with Gasteiger partial charge in [-0.1, -0.05) is 23.4 Å². The zero-order valence-electron chi connectivity index (χ0n) is 13.0. The zero-order chi connectivity index (χ0) is 17.2. The number of carbonyl (C=O) groups is 1.